The second-order valence-electron chi connectivity index (χ2n) is 7.00. The van der Waals surface area contributed by atoms with Crippen LogP contribution in [-0.4, -0.2) is 39.8 Å². The van der Waals surface area contributed by atoms with E-state index in [1.807, 2.05) is 37.4 Å². The smallest absolute Gasteiger partial charge is 0.109 e. The number of aliphatic hydroxyl groups is 2. The Balaban J connectivity index is 1.55. The average Bonchev–Trinajstić information content (AvgIpc) is 2.66. The maximum atomic E-state index is 10.9. The highest BCUT2D eigenvalue weighted by atomic mass is 16.3. The number of aryl methyl sites for hydroxylation is 1. The van der Waals surface area contributed by atoms with E-state index >= 15 is 0 Å². The van der Waals surface area contributed by atoms with Gasteiger partial charge in [-0.15, -0.1) is 0 Å². The van der Waals surface area contributed by atoms with Gasteiger partial charge in [-0.05, 0) is 49.1 Å². The molecule has 4 nitrogen and oxygen atoms in total. The molecule has 0 unspecified atom stereocenters. The molecule has 2 heterocycles. The molecule has 0 aliphatic carbocycles. The van der Waals surface area contributed by atoms with E-state index in [0.29, 0.717) is 19.3 Å². The van der Waals surface area contributed by atoms with E-state index < -0.39 is 5.60 Å². The summed E-state index contributed by atoms with van der Waals surface area (Å²) in [5.41, 5.74) is 3.31. The summed E-state index contributed by atoms with van der Waals surface area (Å²) < 4.78 is 0. The first-order chi connectivity index (χ1) is 12.6. The number of piperidine rings is 1. The van der Waals surface area contributed by atoms with Gasteiger partial charge in [-0.2, -0.15) is 0 Å². The van der Waals surface area contributed by atoms with Crippen molar-refractivity contribution in [1.29, 1.82) is 0 Å². The minimum absolute atomic E-state index is 0.102. The van der Waals surface area contributed by atoms with Crippen LogP contribution in [-0.2, 0) is 12.1 Å². The summed E-state index contributed by atoms with van der Waals surface area (Å²) in [7, 11) is 0. The molecular weight excluding hydrogens is 324 g/mol. The van der Waals surface area contributed by atoms with Crippen LogP contribution in [0.25, 0.3) is 0 Å². The minimum atomic E-state index is -0.809. The molecule has 136 valence electrons. The summed E-state index contributed by atoms with van der Waals surface area (Å²) in [5.74, 6) is 5.98. The van der Waals surface area contributed by atoms with Crippen LogP contribution < -0.4 is 0 Å². The fraction of sp³-hybridized carbons (Fsp3) is 0.409. The Kier molecular flexibility index (Phi) is 6.05. The van der Waals surface area contributed by atoms with Gasteiger partial charge in [-0.3, -0.25) is 9.88 Å². The van der Waals surface area contributed by atoms with Crippen molar-refractivity contribution in [1.82, 2.24) is 9.88 Å². The van der Waals surface area contributed by atoms with Crippen LogP contribution in [0.5, 0.6) is 0 Å². The fourth-order valence-electron chi connectivity index (χ4n) is 3.25. The molecule has 1 saturated heterocycles. The van der Waals surface area contributed by atoms with Gasteiger partial charge in [0.2, 0.25) is 0 Å². The maximum absolute atomic E-state index is 10.9. The number of pyridine rings is 1. The third-order valence-corrected chi connectivity index (χ3v) is 4.90. The summed E-state index contributed by atoms with van der Waals surface area (Å²) in [5, 5.41) is 19.7. The van der Waals surface area contributed by atoms with Crippen LogP contribution in [0.1, 0.15) is 41.6 Å². The Morgan fingerprint density at radius 2 is 1.85 bits per heavy atom. The summed E-state index contributed by atoms with van der Waals surface area (Å²) >= 11 is 0. The first-order valence-corrected chi connectivity index (χ1v) is 9.16. The molecule has 1 aliphatic rings. The van der Waals surface area contributed by atoms with Gasteiger partial charge >= 0.3 is 0 Å². The van der Waals surface area contributed by atoms with Crippen LogP contribution in [0.2, 0.25) is 0 Å². The monoisotopic (exact) mass is 350 g/mol. The molecule has 0 amide bonds. The molecule has 0 radical (unpaired) electrons. The number of aromatic nitrogens is 1. The van der Waals surface area contributed by atoms with Gasteiger partial charge in [-0.1, -0.05) is 30.0 Å². The SMILES string of the molecule is Cc1ccc(C2(O)CCN(Cc3ccc(C#CCCO)cc3)CC2)nc1. The summed E-state index contributed by atoms with van der Waals surface area (Å²) in [6.45, 7) is 4.69. The zero-order valence-electron chi connectivity index (χ0n) is 15.3. The van der Waals surface area contributed by atoms with Crippen LogP contribution in [0.3, 0.4) is 0 Å². The number of hydrogen-bond acceptors (Lipinski definition) is 4. The lowest BCUT2D eigenvalue weighted by Crippen LogP contribution is -2.42. The number of rotatable bonds is 4. The van der Waals surface area contributed by atoms with Crippen molar-refractivity contribution in [2.75, 3.05) is 19.7 Å². The molecule has 1 aromatic carbocycles. The maximum Gasteiger partial charge on any atom is 0.109 e. The van der Waals surface area contributed by atoms with Gasteiger partial charge in [0.15, 0.2) is 0 Å². The van der Waals surface area contributed by atoms with Crippen LogP contribution in [0.15, 0.2) is 42.6 Å². The molecule has 0 bridgehead atoms. The Labute approximate surface area is 155 Å². The van der Waals surface area contributed by atoms with E-state index in [1.54, 1.807) is 0 Å². The van der Waals surface area contributed by atoms with Crippen molar-refractivity contribution in [2.24, 2.45) is 0 Å². The van der Waals surface area contributed by atoms with E-state index in [0.717, 1.165) is 36.5 Å². The molecule has 1 aromatic heterocycles. The molecule has 1 fully saturated rings. The van der Waals surface area contributed by atoms with E-state index in [-0.39, 0.29) is 6.61 Å². The molecule has 2 aromatic rings. The van der Waals surface area contributed by atoms with Crippen LogP contribution in [0, 0.1) is 18.8 Å². The van der Waals surface area contributed by atoms with Crippen molar-refractivity contribution in [2.45, 2.75) is 38.3 Å². The summed E-state index contributed by atoms with van der Waals surface area (Å²) in [6, 6.07) is 12.2. The molecule has 0 saturated carbocycles. The second-order valence-corrected chi connectivity index (χ2v) is 7.00. The highest BCUT2D eigenvalue weighted by Gasteiger charge is 2.35. The molecule has 2 N–H and O–H groups in total. The zero-order chi connectivity index (χ0) is 18.4. The Morgan fingerprint density at radius 3 is 2.46 bits per heavy atom. The van der Waals surface area contributed by atoms with Crippen molar-refractivity contribution in [3.05, 3.63) is 65.0 Å². The first-order valence-electron chi connectivity index (χ1n) is 9.16. The molecular formula is C22H26N2O2. The molecule has 3 rings (SSSR count). The van der Waals surface area contributed by atoms with Crippen LogP contribution in [0.4, 0.5) is 0 Å². The lowest BCUT2D eigenvalue weighted by atomic mass is 9.87. The number of aliphatic hydroxyl groups excluding tert-OH is 1. The van der Waals surface area contributed by atoms with Gasteiger partial charge in [0.25, 0.3) is 0 Å². The number of nitrogens with zero attached hydrogens (tertiary/aromatic N) is 2. The highest BCUT2D eigenvalue weighted by molar-refractivity contribution is 5.36. The second kappa shape index (κ2) is 8.46. The topological polar surface area (TPSA) is 56.6 Å². The third-order valence-electron chi connectivity index (χ3n) is 4.90. The molecule has 0 spiro atoms. The van der Waals surface area contributed by atoms with Crippen LogP contribution >= 0.6 is 0 Å². The van der Waals surface area contributed by atoms with E-state index in [2.05, 4.69) is 33.9 Å². The summed E-state index contributed by atoms with van der Waals surface area (Å²) in [6.07, 6.45) is 3.74. The predicted molar refractivity (Wildman–Crippen MR) is 102 cm³/mol. The van der Waals surface area contributed by atoms with E-state index in [4.69, 9.17) is 5.11 Å². The standard InChI is InChI=1S/C22H26N2O2/c1-18-5-10-21(23-16-18)22(26)11-13-24(14-12-22)17-20-8-6-19(7-9-20)4-2-3-15-25/h5-10,16,25-26H,3,11-15,17H2,1H3. The quantitative estimate of drug-likeness (QED) is 0.833. The van der Waals surface area contributed by atoms with Gasteiger partial charge in [0.05, 0.1) is 12.3 Å². The predicted octanol–water partition coefficient (Wildman–Crippen LogP) is 2.61. The van der Waals surface area contributed by atoms with Crippen molar-refractivity contribution in [3.63, 3.8) is 0 Å². The van der Waals surface area contributed by atoms with E-state index in [9.17, 15) is 5.11 Å². The van der Waals surface area contributed by atoms with Crippen molar-refractivity contribution < 1.29 is 10.2 Å². The molecule has 4 heteroatoms. The third kappa shape index (κ3) is 4.70. The van der Waals surface area contributed by atoms with Gasteiger partial charge in [-0.25, -0.2) is 0 Å². The van der Waals surface area contributed by atoms with Gasteiger partial charge in [0.1, 0.15) is 5.60 Å². The van der Waals surface area contributed by atoms with Gasteiger partial charge in [0, 0.05) is 37.8 Å². The normalized spacial score (nSPS) is 16.7. The zero-order valence-corrected chi connectivity index (χ0v) is 15.3. The largest absolute Gasteiger partial charge is 0.395 e. The molecule has 0 atom stereocenters. The average molecular weight is 350 g/mol. The number of hydrogen-bond donors (Lipinski definition) is 2. The van der Waals surface area contributed by atoms with E-state index in [1.165, 1.54) is 5.56 Å². The molecule has 1 aliphatic heterocycles. The molecule has 26 heavy (non-hydrogen) atoms. The minimum Gasteiger partial charge on any atom is -0.395 e. The number of benzene rings is 1. The van der Waals surface area contributed by atoms with Gasteiger partial charge < -0.3 is 10.2 Å². The Hall–Kier alpha value is -2.19. The highest BCUT2D eigenvalue weighted by Crippen LogP contribution is 2.32. The lowest BCUT2D eigenvalue weighted by molar-refractivity contribution is -0.0311. The summed E-state index contributed by atoms with van der Waals surface area (Å²) in [4.78, 5) is 6.80. The van der Waals surface area contributed by atoms with Crippen molar-refractivity contribution in [3.8, 4) is 11.8 Å². The van der Waals surface area contributed by atoms with Crippen molar-refractivity contribution >= 4 is 0 Å². The first kappa shape index (κ1) is 18.6. The lowest BCUT2D eigenvalue weighted by Gasteiger charge is -2.37. The Bertz CT molecular complexity index is 765. The number of likely N-dealkylation sites (tertiary alicyclic amines) is 1. The Morgan fingerprint density at radius 1 is 1.12 bits per heavy atom. The fourth-order valence-corrected chi connectivity index (χ4v) is 3.25.